The van der Waals surface area contributed by atoms with Crippen LogP contribution in [0.2, 0.25) is 0 Å². The number of benzene rings is 2. The van der Waals surface area contributed by atoms with E-state index < -0.39 is 17.9 Å². The fourth-order valence-electron chi connectivity index (χ4n) is 4.67. The summed E-state index contributed by atoms with van der Waals surface area (Å²) >= 11 is 0. The van der Waals surface area contributed by atoms with Crippen molar-refractivity contribution in [2.75, 3.05) is 50.3 Å². The van der Waals surface area contributed by atoms with Gasteiger partial charge in [-0.3, -0.25) is 4.90 Å². The van der Waals surface area contributed by atoms with Gasteiger partial charge in [0.25, 0.3) is 0 Å². The summed E-state index contributed by atoms with van der Waals surface area (Å²) in [5.41, 5.74) is 9.58. The molecule has 186 valence electrons. The third kappa shape index (κ3) is 4.39. The number of carbonyl (C=O) groups excluding carboxylic acids is 2. The zero-order valence-electron chi connectivity index (χ0n) is 20.5. The summed E-state index contributed by atoms with van der Waals surface area (Å²) in [4.78, 5) is 30.0. The zero-order valence-corrected chi connectivity index (χ0v) is 20.5. The average molecular weight is 489 g/mol. The summed E-state index contributed by atoms with van der Waals surface area (Å²) in [6.07, 6.45) is 0. The van der Waals surface area contributed by atoms with Crippen molar-refractivity contribution in [1.29, 1.82) is 5.26 Å². The molecule has 4 rings (SSSR count). The van der Waals surface area contributed by atoms with E-state index in [-0.39, 0.29) is 22.7 Å². The Bertz CT molecular complexity index is 1270. The molecule has 2 aliphatic rings. The van der Waals surface area contributed by atoms with E-state index in [9.17, 15) is 14.9 Å². The molecule has 0 bridgehead atoms. The van der Waals surface area contributed by atoms with Crippen molar-refractivity contribution in [2.24, 2.45) is 5.73 Å². The SMILES string of the molecule is COC(=O)C1=C(C(=O)OC)N(c2ccc(N3CCOCC3)cc2C)C(N)=C(C#N)C1c1ccccc1. The summed E-state index contributed by atoms with van der Waals surface area (Å²) < 4.78 is 15.6. The molecule has 0 aromatic heterocycles. The van der Waals surface area contributed by atoms with Gasteiger partial charge in [-0.25, -0.2) is 9.59 Å². The van der Waals surface area contributed by atoms with Crippen LogP contribution in [0.25, 0.3) is 0 Å². The molecule has 2 aromatic carbocycles. The molecule has 1 unspecified atom stereocenters. The molecule has 1 saturated heterocycles. The van der Waals surface area contributed by atoms with Gasteiger partial charge in [-0.15, -0.1) is 0 Å². The lowest BCUT2D eigenvalue weighted by molar-refractivity contribution is -0.139. The van der Waals surface area contributed by atoms with Crippen molar-refractivity contribution in [3.8, 4) is 6.07 Å². The molecule has 36 heavy (non-hydrogen) atoms. The van der Waals surface area contributed by atoms with E-state index >= 15 is 0 Å². The minimum absolute atomic E-state index is 0.0158. The van der Waals surface area contributed by atoms with Gasteiger partial charge in [0.2, 0.25) is 0 Å². The molecule has 2 aliphatic heterocycles. The van der Waals surface area contributed by atoms with E-state index in [4.69, 9.17) is 19.9 Å². The number of allylic oxidation sites excluding steroid dienone is 1. The molecule has 9 heteroatoms. The lowest BCUT2D eigenvalue weighted by Crippen LogP contribution is -2.41. The van der Waals surface area contributed by atoms with Crippen LogP contribution < -0.4 is 15.5 Å². The van der Waals surface area contributed by atoms with Crippen molar-refractivity contribution >= 4 is 23.3 Å². The average Bonchev–Trinajstić information content (AvgIpc) is 2.92. The number of hydrogen-bond acceptors (Lipinski definition) is 9. The molecule has 2 aromatic rings. The topological polar surface area (TPSA) is 118 Å². The van der Waals surface area contributed by atoms with Crippen LogP contribution in [0.3, 0.4) is 0 Å². The van der Waals surface area contributed by atoms with Crippen LogP contribution in [0.1, 0.15) is 17.0 Å². The monoisotopic (exact) mass is 488 g/mol. The van der Waals surface area contributed by atoms with E-state index in [2.05, 4.69) is 11.0 Å². The van der Waals surface area contributed by atoms with Gasteiger partial charge >= 0.3 is 11.9 Å². The lowest BCUT2D eigenvalue weighted by Gasteiger charge is -2.37. The third-order valence-electron chi connectivity index (χ3n) is 6.41. The number of hydrogen-bond donors (Lipinski definition) is 1. The Hall–Kier alpha value is -4.29. The van der Waals surface area contributed by atoms with Gasteiger partial charge in [0.05, 0.1) is 56.3 Å². The van der Waals surface area contributed by atoms with Gasteiger partial charge in [0.15, 0.2) is 0 Å². The highest BCUT2D eigenvalue weighted by Gasteiger charge is 2.43. The first kappa shape index (κ1) is 24.8. The molecule has 0 radical (unpaired) electrons. The van der Waals surface area contributed by atoms with Crippen LogP contribution in [0.5, 0.6) is 0 Å². The van der Waals surface area contributed by atoms with Gasteiger partial charge in [-0.2, -0.15) is 5.26 Å². The molecule has 2 heterocycles. The number of nitriles is 1. The standard InChI is InChI=1S/C27H28N4O5/c1-17-15-19(30-11-13-36-14-12-30)9-10-21(17)31-24(27(33)35-3)23(26(32)34-2)22(20(16-28)25(31)29)18-7-5-4-6-8-18/h4-10,15,22H,11-14,29H2,1-3H3. The quantitative estimate of drug-likeness (QED) is 0.634. The van der Waals surface area contributed by atoms with Crippen LogP contribution >= 0.6 is 0 Å². The van der Waals surface area contributed by atoms with Gasteiger partial charge in [-0.05, 0) is 36.2 Å². The molecule has 1 atom stereocenters. The van der Waals surface area contributed by atoms with E-state index in [1.165, 1.54) is 19.1 Å². The molecular formula is C27H28N4O5. The molecule has 1 fully saturated rings. The molecule has 0 spiro atoms. The van der Waals surface area contributed by atoms with E-state index in [1.807, 2.05) is 31.2 Å². The summed E-state index contributed by atoms with van der Waals surface area (Å²) in [6.45, 7) is 4.71. The molecule has 2 N–H and O–H groups in total. The normalized spacial score (nSPS) is 18.1. The Morgan fingerprint density at radius 1 is 1.06 bits per heavy atom. The summed E-state index contributed by atoms with van der Waals surface area (Å²) in [5, 5.41) is 10.2. The smallest absolute Gasteiger partial charge is 0.355 e. The molecule has 0 saturated carbocycles. The zero-order chi connectivity index (χ0) is 25.8. The first-order valence-corrected chi connectivity index (χ1v) is 11.5. The van der Waals surface area contributed by atoms with E-state index in [0.717, 1.165) is 24.3 Å². The number of anilines is 2. The van der Waals surface area contributed by atoms with Gasteiger partial charge in [0.1, 0.15) is 11.5 Å². The van der Waals surface area contributed by atoms with Crippen molar-refractivity contribution in [3.05, 3.63) is 82.3 Å². The number of carbonyl (C=O) groups is 2. The predicted octanol–water partition coefficient (Wildman–Crippen LogP) is 2.73. The molecular weight excluding hydrogens is 460 g/mol. The predicted molar refractivity (Wildman–Crippen MR) is 134 cm³/mol. The lowest BCUT2D eigenvalue weighted by atomic mass is 9.80. The Kier molecular flexibility index (Phi) is 7.27. The second kappa shape index (κ2) is 10.5. The Morgan fingerprint density at radius 2 is 1.72 bits per heavy atom. The van der Waals surface area contributed by atoms with Crippen molar-refractivity contribution in [1.82, 2.24) is 0 Å². The summed E-state index contributed by atoms with van der Waals surface area (Å²) in [6, 6.07) is 16.8. The number of esters is 2. The van der Waals surface area contributed by atoms with Crippen LogP contribution in [0, 0.1) is 18.3 Å². The number of nitrogens with two attached hydrogens (primary N) is 1. The first-order valence-electron chi connectivity index (χ1n) is 11.5. The minimum atomic E-state index is -0.901. The second-order valence-electron chi connectivity index (χ2n) is 8.41. The van der Waals surface area contributed by atoms with Gasteiger partial charge in [-0.1, -0.05) is 30.3 Å². The van der Waals surface area contributed by atoms with E-state index in [0.29, 0.717) is 24.5 Å². The highest BCUT2D eigenvalue weighted by molar-refractivity contribution is 6.06. The first-order chi connectivity index (χ1) is 17.4. The van der Waals surface area contributed by atoms with Crippen molar-refractivity contribution in [3.63, 3.8) is 0 Å². The summed E-state index contributed by atoms with van der Waals surface area (Å²) in [7, 11) is 2.46. The van der Waals surface area contributed by atoms with Crippen LogP contribution in [-0.2, 0) is 23.8 Å². The molecule has 9 nitrogen and oxygen atoms in total. The maximum atomic E-state index is 13.2. The molecule has 0 aliphatic carbocycles. The number of nitrogens with zero attached hydrogens (tertiary/aromatic N) is 3. The highest BCUT2D eigenvalue weighted by Crippen LogP contribution is 2.44. The Labute approximate surface area is 209 Å². The number of morpholine rings is 1. The van der Waals surface area contributed by atoms with Crippen molar-refractivity contribution in [2.45, 2.75) is 12.8 Å². The van der Waals surface area contributed by atoms with Crippen LogP contribution in [0.4, 0.5) is 11.4 Å². The Balaban J connectivity index is 1.95. The minimum Gasteiger partial charge on any atom is -0.466 e. The third-order valence-corrected chi connectivity index (χ3v) is 6.41. The maximum absolute atomic E-state index is 13.2. The number of methoxy groups -OCH3 is 2. The van der Waals surface area contributed by atoms with Crippen molar-refractivity contribution < 1.29 is 23.8 Å². The number of aryl methyl sites for hydroxylation is 1. The van der Waals surface area contributed by atoms with Gasteiger partial charge < -0.3 is 24.8 Å². The highest BCUT2D eigenvalue weighted by atomic mass is 16.5. The number of rotatable bonds is 5. The number of ether oxygens (including phenoxy) is 3. The largest absolute Gasteiger partial charge is 0.466 e. The second-order valence-corrected chi connectivity index (χ2v) is 8.41. The summed E-state index contributed by atoms with van der Waals surface area (Å²) in [5.74, 6) is -2.38. The fraction of sp³-hybridized carbons (Fsp3) is 0.296. The maximum Gasteiger partial charge on any atom is 0.355 e. The fourth-order valence-corrected chi connectivity index (χ4v) is 4.67. The van der Waals surface area contributed by atoms with E-state index in [1.54, 1.807) is 24.3 Å². The van der Waals surface area contributed by atoms with Gasteiger partial charge in [0, 0.05) is 18.8 Å². The molecule has 0 amide bonds. The van der Waals surface area contributed by atoms with Crippen LogP contribution in [-0.4, -0.2) is 52.5 Å². The Morgan fingerprint density at radius 3 is 2.31 bits per heavy atom. The van der Waals surface area contributed by atoms with Crippen LogP contribution in [0.15, 0.2) is 71.2 Å².